The van der Waals surface area contributed by atoms with E-state index in [9.17, 15) is 17.8 Å². The van der Waals surface area contributed by atoms with Crippen LogP contribution in [0.25, 0.3) is 11.1 Å². The second-order valence-corrected chi connectivity index (χ2v) is 11.0. The number of nitrogens with zero attached hydrogens (tertiary/aromatic N) is 1. The van der Waals surface area contributed by atoms with Gasteiger partial charge in [-0.25, -0.2) is 13.6 Å². The molecule has 1 heterocycles. The van der Waals surface area contributed by atoms with E-state index >= 15 is 0 Å². The number of halogens is 2. The van der Waals surface area contributed by atoms with Gasteiger partial charge in [0.1, 0.15) is 5.60 Å². The number of carbonyl (C=O) groups excluding carboxylic acids is 1. The lowest BCUT2D eigenvalue weighted by molar-refractivity contribution is -0.0470. The highest BCUT2D eigenvalue weighted by molar-refractivity contribution is 7.84. The van der Waals surface area contributed by atoms with Crippen LogP contribution >= 0.6 is 0 Å². The highest BCUT2D eigenvalue weighted by Crippen LogP contribution is 2.52. The van der Waals surface area contributed by atoms with Gasteiger partial charge in [0, 0.05) is 41.0 Å². The molecule has 8 heteroatoms. The Hall–Kier alpha value is -2.48. The molecular formula is C25H27F2NO4S. The zero-order chi connectivity index (χ0) is 23.3. The van der Waals surface area contributed by atoms with E-state index < -0.39 is 22.4 Å². The second kappa shape index (κ2) is 8.38. The van der Waals surface area contributed by atoms with Crippen molar-refractivity contribution < 1.29 is 27.3 Å². The van der Waals surface area contributed by atoms with Crippen molar-refractivity contribution in [3.63, 3.8) is 0 Å². The zero-order valence-electron chi connectivity index (χ0n) is 18.7. The maximum absolute atomic E-state index is 14.6. The molecule has 1 aliphatic heterocycles. The fraction of sp³-hybridized carbons (Fsp3) is 0.480. The number of rotatable bonds is 6. The molecule has 176 valence electrons. The molecule has 1 saturated heterocycles. The van der Waals surface area contributed by atoms with Crippen LogP contribution in [0.4, 0.5) is 13.6 Å². The predicted molar refractivity (Wildman–Crippen MR) is 120 cm³/mol. The maximum atomic E-state index is 14.6. The number of likely N-dealkylation sites (tertiary alicyclic amines) is 1. The van der Waals surface area contributed by atoms with Crippen molar-refractivity contribution in [3.05, 3.63) is 48.0 Å². The van der Waals surface area contributed by atoms with E-state index in [1.165, 1.54) is 12.1 Å². The molecule has 2 aromatic carbocycles. The highest BCUT2D eigenvalue weighted by atomic mass is 32.2. The Morgan fingerprint density at radius 1 is 1.09 bits per heavy atom. The summed E-state index contributed by atoms with van der Waals surface area (Å²) in [5.74, 6) is -1.10. The van der Waals surface area contributed by atoms with Crippen LogP contribution in [0.2, 0.25) is 0 Å². The van der Waals surface area contributed by atoms with E-state index in [1.54, 1.807) is 35.4 Å². The van der Waals surface area contributed by atoms with E-state index in [1.807, 2.05) is 6.92 Å². The Labute approximate surface area is 194 Å². The van der Waals surface area contributed by atoms with Gasteiger partial charge in [0.25, 0.3) is 0 Å². The fourth-order valence-corrected chi connectivity index (χ4v) is 5.50. The first-order chi connectivity index (χ1) is 15.7. The van der Waals surface area contributed by atoms with Crippen molar-refractivity contribution in [3.8, 4) is 16.9 Å². The van der Waals surface area contributed by atoms with E-state index in [-0.39, 0.29) is 30.0 Å². The summed E-state index contributed by atoms with van der Waals surface area (Å²) in [6, 6.07) is 9.26. The number of hydrogen-bond donors (Lipinski definition) is 0. The fourth-order valence-electron chi connectivity index (χ4n) is 4.98. The van der Waals surface area contributed by atoms with Crippen molar-refractivity contribution >= 4 is 16.9 Å². The Morgan fingerprint density at radius 2 is 1.70 bits per heavy atom. The number of piperidine rings is 1. The first kappa shape index (κ1) is 22.3. The molecule has 1 amide bonds. The molecule has 0 spiro atoms. The Morgan fingerprint density at radius 3 is 2.21 bits per heavy atom. The van der Waals surface area contributed by atoms with Crippen LogP contribution < -0.4 is 4.74 Å². The Bertz CT molecular complexity index is 1070. The van der Waals surface area contributed by atoms with Crippen molar-refractivity contribution in [2.75, 3.05) is 26.0 Å². The lowest BCUT2D eigenvalue weighted by Crippen LogP contribution is -2.43. The van der Waals surface area contributed by atoms with Gasteiger partial charge in [-0.1, -0.05) is 12.1 Å². The lowest BCUT2D eigenvalue weighted by atomic mass is 9.82. The van der Waals surface area contributed by atoms with E-state index in [0.717, 1.165) is 19.3 Å². The largest absolute Gasteiger partial charge is 0.487 e. The second-order valence-electron chi connectivity index (χ2n) is 9.63. The SMILES string of the molecule is CS(=O)c1ccc(-c2cc(F)c(OCC3C4CN(C(=O)OC5(C)CCC5)CC34)c(F)c2)cc1. The molecular weight excluding hydrogens is 448 g/mol. The van der Waals surface area contributed by atoms with Crippen LogP contribution in [0.3, 0.4) is 0 Å². The first-order valence-corrected chi connectivity index (χ1v) is 12.8. The van der Waals surface area contributed by atoms with Gasteiger partial charge >= 0.3 is 6.09 Å². The summed E-state index contributed by atoms with van der Waals surface area (Å²) in [4.78, 5) is 14.7. The number of benzene rings is 2. The molecule has 3 atom stereocenters. The third kappa shape index (κ3) is 4.37. The van der Waals surface area contributed by atoms with Gasteiger partial charge in [-0.3, -0.25) is 4.21 Å². The minimum absolute atomic E-state index is 0.189. The minimum Gasteiger partial charge on any atom is -0.487 e. The van der Waals surface area contributed by atoms with Crippen LogP contribution in [0.1, 0.15) is 26.2 Å². The smallest absolute Gasteiger partial charge is 0.410 e. The highest BCUT2D eigenvalue weighted by Gasteiger charge is 2.57. The average Bonchev–Trinajstić information content (AvgIpc) is 3.20. The summed E-state index contributed by atoms with van der Waals surface area (Å²) >= 11 is 0. The van der Waals surface area contributed by atoms with Gasteiger partial charge in [-0.2, -0.15) is 0 Å². The quantitative estimate of drug-likeness (QED) is 0.590. The normalized spacial score (nSPS) is 25.7. The molecule has 3 unspecified atom stereocenters. The van der Waals surface area contributed by atoms with Gasteiger partial charge in [0.2, 0.25) is 0 Å². The van der Waals surface area contributed by atoms with Crippen molar-refractivity contribution in [2.24, 2.45) is 17.8 Å². The monoisotopic (exact) mass is 475 g/mol. The number of fused-ring (bicyclic) bond motifs is 1. The molecule has 2 saturated carbocycles. The van der Waals surface area contributed by atoms with Gasteiger partial charge in [-0.15, -0.1) is 0 Å². The lowest BCUT2D eigenvalue weighted by Gasteiger charge is -2.38. The van der Waals surface area contributed by atoms with Crippen molar-refractivity contribution in [1.82, 2.24) is 4.90 Å². The molecule has 0 N–H and O–H groups in total. The van der Waals surface area contributed by atoms with Crippen LogP contribution in [0.5, 0.6) is 5.75 Å². The Kier molecular flexibility index (Phi) is 5.67. The molecule has 2 aromatic rings. The molecule has 0 bridgehead atoms. The van der Waals surface area contributed by atoms with Crippen LogP contribution in [0, 0.1) is 29.4 Å². The summed E-state index contributed by atoms with van der Waals surface area (Å²) in [6.45, 7) is 3.41. The molecule has 0 radical (unpaired) electrons. The van der Waals surface area contributed by atoms with Crippen LogP contribution in [-0.4, -0.2) is 46.8 Å². The molecule has 3 fully saturated rings. The topological polar surface area (TPSA) is 55.8 Å². The minimum atomic E-state index is -1.11. The molecule has 2 aliphatic carbocycles. The van der Waals surface area contributed by atoms with Crippen LogP contribution in [0.15, 0.2) is 41.3 Å². The molecule has 5 nitrogen and oxygen atoms in total. The molecule has 3 aliphatic rings. The third-order valence-electron chi connectivity index (χ3n) is 7.31. The summed E-state index contributed by atoms with van der Waals surface area (Å²) < 4.78 is 52.0. The average molecular weight is 476 g/mol. The summed E-state index contributed by atoms with van der Waals surface area (Å²) in [7, 11) is -1.11. The van der Waals surface area contributed by atoms with Gasteiger partial charge in [0.15, 0.2) is 17.4 Å². The van der Waals surface area contributed by atoms with Gasteiger partial charge < -0.3 is 14.4 Å². The molecule has 5 rings (SSSR count). The standard InChI is InChI=1S/C25H27F2NO4S/c1-25(8-3-9-25)32-24(29)28-12-18-19(13-28)20(18)14-31-23-21(26)10-16(11-22(23)27)15-4-6-17(7-5-15)33(2)30/h4-7,10-11,18-20H,3,8-9,12-14H2,1-2H3. The summed E-state index contributed by atoms with van der Waals surface area (Å²) in [5.41, 5.74) is 0.709. The van der Waals surface area contributed by atoms with E-state index in [2.05, 4.69) is 0 Å². The van der Waals surface area contributed by atoms with E-state index in [0.29, 0.717) is 40.9 Å². The Balaban J connectivity index is 1.16. The number of ether oxygens (including phenoxy) is 2. The zero-order valence-corrected chi connectivity index (χ0v) is 19.5. The maximum Gasteiger partial charge on any atom is 0.410 e. The van der Waals surface area contributed by atoms with Gasteiger partial charge in [0.05, 0.1) is 6.61 Å². The number of carbonyl (C=O) groups is 1. The predicted octanol–water partition coefficient (Wildman–Crippen LogP) is 5.01. The van der Waals surface area contributed by atoms with Crippen molar-refractivity contribution in [1.29, 1.82) is 0 Å². The van der Waals surface area contributed by atoms with Gasteiger partial charge in [-0.05, 0) is 73.4 Å². The molecule has 0 aromatic heterocycles. The number of hydrogen-bond acceptors (Lipinski definition) is 4. The van der Waals surface area contributed by atoms with Crippen LogP contribution in [-0.2, 0) is 15.5 Å². The van der Waals surface area contributed by atoms with Crippen molar-refractivity contribution in [2.45, 2.75) is 36.7 Å². The first-order valence-electron chi connectivity index (χ1n) is 11.3. The summed E-state index contributed by atoms with van der Waals surface area (Å²) in [6.07, 6.45) is 4.24. The third-order valence-corrected chi connectivity index (χ3v) is 8.25. The molecule has 33 heavy (non-hydrogen) atoms. The van der Waals surface area contributed by atoms with E-state index in [4.69, 9.17) is 9.47 Å². The number of amides is 1. The summed E-state index contributed by atoms with van der Waals surface area (Å²) in [5, 5.41) is 0.